The Bertz CT molecular complexity index is 97.3. The molecule has 0 amide bonds. The molecule has 0 saturated heterocycles. The topological polar surface area (TPSA) is 143 Å². The van der Waals surface area contributed by atoms with Crippen LogP contribution in [0.2, 0.25) is 0 Å². The van der Waals surface area contributed by atoms with Crippen molar-refractivity contribution in [1.29, 1.82) is 31.6 Å². The molecule has 0 aliphatic heterocycles. The van der Waals surface area contributed by atoms with E-state index >= 15 is 0 Å². The predicted molar refractivity (Wildman–Crippen MR) is 35.6 cm³/mol. The molecule has 0 aliphatic rings. The summed E-state index contributed by atoms with van der Waals surface area (Å²) >= 11 is 0. The SMILES string of the molecule is [C-]#N.[C-]#N.[C-]#N.[C-]#N.[C-]#N.[C-]#N.[K].[Rh]. The van der Waals surface area contributed by atoms with Crippen molar-refractivity contribution in [3.05, 3.63) is 39.4 Å². The van der Waals surface area contributed by atoms with Crippen LogP contribution in [0.5, 0.6) is 0 Å². The minimum absolute atomic E-state index is 0. The molecule has 14 heavy (non-hydrogen) atoms. The molecule has 0 spiro atoms. The van der Waals surface area contributed by atoms with Gasteiger partial charge in [-0.2, -0.15) is 0 Å². The standard InChI is InChI=1S/6CN.K.Rh/c6*1-2;;/q6*-1;;. The zero-order valence-corrected chi connectivity index (χ0v) is 11.8. The van der Waals surface area contributed by atoms with Crippen LogP contribution in [0.15, 0.2) is 0 Å². The summed E-state index contributed by atoms with van der Waals surface area (Å²) in [6.45, 7) is 28.5. The van der Waals surface area contributed by atoms with Crippen molar-refractivity contribution in [3.8, 4) is 0 Å². The maximum Gasteiger partial charge on any atom is 0 e. The summed E-state index contributed by atoms with van der Waals surface area (Å²) < 4.78 is 0. The van der Waals surface area contributed by atoms with E-state index in [1.54, 1.807) is 0 Å². The quantitative estimate of drug-likeness (QED) is 0.461. The van der Waals surface area contributed by atoms with Gasteiger partial charge >= 0.3 is 0 Å². The van der Waals surface area contributed by atoms with Gasteiger partial charge in [-0.05, 0) is 0 Å². The molecule has 2 radical (unpaired) electrons. The maximum absolute atomic E-state index is 6.25. The largest absolute Gasteiger partial charge is 0.512 e. The summed E-state index contributed by atoms with van der Waals surface area (Å²) in [6, 6.07) is 0. The van der Waals surface area contributed by atoms with Crippen LogP contribution in [0, 0.1) is 71.0 Å². The zero-order chi connectivity index (χ0) is 12.0. The first kappa shape index (κ1) is 72.7. The molecule has 8 heteroatoms. The molecule has 0 aromatic rings. The van der Waals surface area contributed by atoms with Gasteiger partial charge in [-0.15, -0.1) is 0 Å². The Kier molecular flexibility index (Phi) is 12400. The molecule has 0 rings (SSSR count). The van der Waals surface area contributed by atoms with E-state index in [0.717, 1.165) is 0 Å². The Balaban J connectivity index is -0.00000000500. The Labute approximate surface area is 140 Å². The second-order valence-corrected chi connectivity index (χ2v) is 0. The molecule has 70 valence electrons. The van der Waals surface area contributed by atoms with E-state index in [4.69, 9.17) is 71.0 Å². The number of hydrogen-bond acceptors (Lipinski definition) is 6. The van der Waals surface area contributed by atoms with Gasteiger partial charge in [0.15, 0.2) is 0 Å². The molecule has 0 saturated carbocycles. The Morgan fingerprint density at radius 2 is 0.357 bits per heavy atom. The fourth-order valence-electron chi connectivity index (χ4n) is 0. The normalized spacial score (nSPS) is 0.857. The molecule has 0 fully saturated rings. The Morgan fingerprint density at radius 3 is 0.357 bits per heavy atom. The van der Waals surface area contributed by atoms with Gasteiger partial charge in [-0.3, -0.25) is 0 Å². The van der Waals surface area contributed by atoms with Gasteiger partial charge in [0.2, 0.25) is 0 Å². The van der Waals surface area contributed by atoms with Crippen molar-refractivity contribution in [2.24, 2.45) is 0 Å². The van der Waals surface area contributed by atoms with Crippen molar-refractivity contribution in [2.45, 2.75) is 0 Å². The summed E-state index contributed by atoms with van der Waals surface area (Å²) in [7, 11) is 0. The third-order valence-corrected chi connectivity index (χ3v) is 0. The second-order valence-electron chi connectivity index (χ2n) is 0. The minimum atomic E-state index is 0. The van der Waals surface area contributed by atoms with E-state index in [1.165, 1.54) is 0 Å². The van der Waals surface area contributed by atoms with Crippen molar-refractivity contribution < 1.29 is 19.5 Å². The van der Waals surface area contributed by atoms with Gasteiger partial charge in [0.25, 0.3) is 0 Å². The van der Waals surface area contributed by atoms with Gasteiger partial charge < -0.3 is 71.0 Å². The molecule has 6 nitrogen and oxygen atoms in total. The van der Waals surface area contributed by atoms with Crippen LogP contribution in [0.3, 0.4) is 0 Å². The summed E-state index contributed by atoms with van der Waals surface area (Å²) in [4.78, 5) is 0. The van der Waals surface area contributed by atoms with Crippen LogP contribution in [-0.4, -0.2) is 51.4 Å². The molecule has 0 bridgehead atoms. The third-order valence-electron chi connectivity index (χ3n) is 0. The van der Waals surface area contributed by atoms with Gasteiger partial charge in [0.1, 0.15) is 0 Å². The van der Waals surface area contributed by atoms with Gasteiger partial charge in [-0.1, -0.05) is 0 Å². The van der Waals surface area contributed by atoms with Crippen molar-refractivity contribution in [1.82, 2.24) is 0 Å². The predicted octanol–water partition coefficient (Wildman–Crippen LogP) is 0.195. The van der Waals surface area contributed by atoms with E-state index in [2.05, 4.69) is 0 Å². The fourth-order valence-corrected chi connectivity index (χ4v) is 0. The van der Waals surface area contributed by atoms with Crippen molar-refractivity contribution >= 4 is 51.4 Å². The zero-order valence-electron chi connectivity index (χ0n) is 7.02. The molecule has 0 aliphatic carbocycles. The molecule has 0 unspecified atom stereocenters. The summed E-state index contributed by atoms with van der Waals surface area (Å²) in [5.41, 5.74) is 0. The van der Waals surface area contributed by atoms with Crippen LogP contribution in [0.25, 0.3) is 0 Å². The van der Waals surface area contributed by atoms with Crippen LogP contribution >= 0.6 is 0 Å². The second kappa shape index (κ2) is 2390. The van der Waals surface area contributed by atoms with Gasteiger partial charge in [-0.25, -0.2) is 0 Å². The van der Waals surface area contributed by atoms with E-state index in [9.17, 15) is 0 Å². The smallest absolute Gasteiger partial charge is 0 e. The van der Waals surface area contributed by atoms with E-state index in [1.807, 2.05) is 0 Å². The summed E-state index contributed by atoms with van der Waals surface area (Å²) in [5.74, 6) is 0. The average molecular weight is 298 g/mol. The van der Waals surface area contributed by atoms with Gasteiger partial charge in [0.05, 0.1) is 0 Å². The van der Waals surface area contributed by atoms with E-state index in [-0.39, 0.29) is 70.9 Å². The average Bonchev–Trinajstić information content (AvgIpc) is 2.33. The first-order valence-corrected chi connectivity index (χ1v) is 1.34. The number of hydrogen-bond donors (Lipinski definition) is 0. The van der Waals surface area contributed by atoms with Gasteiger partial charge in [0, 0.05) is 70.9 Å². The van der Waals surface area contributed by atoms with Crippen LogP contribution in [0.4, 0.5) is 0 Å². The fraction of sp³-hybridized carbons (Fsp3) is 0. The number of nitrogens with zero attached hydrogens (tertiary/aromatic N) is 6. The number of rotatable bonds is 0. The molecule has 0 aromatic heterocycles. The Morgan fingerprint density at radius 1 is 0.357 bits per heavy atom. The van der Waals surface area contributed by atoms with Crippen molar-refractivity contribution in [2.75, 3.05) is 0 Å². The molecule has 0 heterocycles. The first-order valence-electron chi connectivity index (χ1n) is 1.34. The monoisotopic (exact) mass is 298 g/mol. The summed E-state index contributed by atoms with van der Waals surface area (Å²) in [6.07, 6.45) is 0. The first-order chi connectivity index (χ1) is 6.00. The molecule has 0 aromatic carbocycles. The Hall–Kier alpha value is -0.800. The minimum Gasteiger partial charge on any atom is -0.512 e. The van der Waals surface area contributed by atoms with E-state index < -0.39 is 0 Å². The third kappa shape index (κ3) is 1820. The molecular formula is C6KN6Rh-6. The maximum atomic E-state index is 6.25. The van der Waals surface area contributed by atoms with Crippen LogP contribution < -0.4 is 0 Å². The van der Waals surface area contributed by atoms with E-state index in [0.29, 0.717) is 0 Å². The molecule has 0 N–H and O–H groups in total. The summed E-state index contributed by atoms with van der Waals surface area (Å²) in [5, 5.41) is 37.5. The van der Waals surface area contributed by atoms with Crippen LogP contribution in [0.1, 0.15) is 0 Å². The van der Waals surface area contributed by atoms with Crippen molar-refractivity contribution in [3.63, 3.8) is 0 Å². The molecular weight excluding hydrogens is 298 g/mol. The van der Waals surface area contributed by atoms with Crippen LogP contribution in [-0.2, 0) is 19.5 Å². The molecule has 0 atom stereocenters.